The molecule has 0 radical (unpaired) electrons. The number of piperazine rings is 1. The zero-order valence-electron chi connectivity index (χ0n) is 10.1. The van der Waals surface area contributed by atoms with Crippen LogP contribution in [0.5, 0.6) is 0 Å². The van der Waals surface area contributed by atoms with Crippen molar-refractivity contribution < 1.29 is 9.53 Å². The molecule has 1 saturated heterocycles. The van der Waals surface area contributed by atoms with E-state index in [-0.39, 0.29) is 12.0 Å². The second-order valence-electron chi connectivity index (χ2n) is 4.31. The van der Waals surface area contributed by atoms with E-state index in [4.69, 9.17) is 4.74 Å². The van der Waals surface area contributed by atoms with Crippen LogP contribution in [0.15, 0.2) is 0 Å². The Balaban J connectivity index is 2.51. The quantitative estimate of drug-likeness (QED) is 0.749. The number of rotatable bonds is 3. The third kappa shape index (κ3) is 3.47. The summed E-state index contributed by atoms with van der Waals surface area (Å²) in [6.45, 7) is 10.1. The Bertz CT molecular complexity index is 211. The molecule has 3 atom stereocenters. The van der Waals surface area contributed by atoms with Crippen LogP contribution in [0.25, 0.3) is 0 Å². The van der Waals surface area contributed by atoms with Crippen molar-refractivity contribution in [2.75, 3.05) is 19.7 Å². The van der Waals surface area contributed by atoms with Crippen molar-refractivity contribution >= 4 is 5.91 Å². The Hall–Kier alpha value is -0.610. The first-order chi connectivity index (χ1) is 7.04. The van der Waals surface area contributed by atoms with E-state index < -0.39 is 0 Å². The molecule has 1 aliphatic heterocycles. The average Bonchev–Trinajstić information content (AvgIpc) is 2.15. The second-order valence-corrected chi connectivity index (χ2v) is 4.31. The van der Waals surface area contributed by atoms with E-state index in [1.54, 1.807) is 0 Å². The molecule has 4 nitrogen and oxygen atoms in total. The van der Waals surface area contributed by atoms with E-state index in [0.717, 1.165) is 13.1 Å². The topological polar surface area (TPSA) is 41.6 Å². The highest BCUT2D eigenvalue weighted by Crippen LogP contribution is 2.07. The van der Waals surface area contributed by atoms with Crippen LogP contribution in [0.2, 0.25) is 0 Å². The van der Waals surface area contributed by atoms with E-state index in [2.05, 4.69) is 19.2 Å². The summed E-state index contributed by atoms with van der Waals surface area (Å²) in [5.41, 5.74) is 0. The summed E-state index contributed by atoms with van der Waals surface area (Å²) in [4.78, 5) is 13.8. The molecule has 0 aromatic carbocycles. The highest BCUT2D eigenvalue weighted by Gasteiger charge is 2.27. The number of carbonyl (C=O) groups is 1. The minimum Gasteiger partial charge on any atom is -0.369 e. The lowest BCUT2D eigenvalue weighted by Gasteiger charge is -2.37. The predicted molar refractivity (Wildman–Crippen MR) is 59.7 cm³/mol. The molecule has 0 saturated carbocycles. The number of amides is 1. The van der Waals surface area contributed by atoms with Crippen LogP contribution < -0.4 is 5.32 Å². The van der Waals surface area contributed by atoms with Gasteiger partial charge in [0.15, 0.2) is 0 Å². The third-order valence-electron chi connectivity index (χ3n) is 2.63. The summed E-state index contributed by atoms with van der Waals surface area (Å²) >= 11 is 0. The molecule has 0 aromatic heterocycles. The molecule has 0 aliphatic carbocycles. The summed E-state index contributed by atoms with van der Waals surface area (Å²) in [7, 11) is 0. The van der Waals surface area contributed by atoms with Crippen LogP contribution in [-0.4, -0.2) is 48.7 Å². The van der Waals surface area contributed by atoms with Gasteiger partial charge in [0.1, 0.15) is 6.10 Å². The van der Waals surface area contributed by atoms with Gasteiger partial charge in [0.05, 0.1) is 0 Å². The molecule has 4 heteroatoms. The molecule has 0 spiro atoms. The van der Waals surface area contributed by atoms with Gasteiger partial charge in [-0.1, -0.05) is 0 Å². The molecule has 1 aliphatic rings. The molecule has 1 fully saturated rings. The second kappa shape index (κ2) is 5.47. The number of carbonyl (C=O) groups excluding carboxylic acids is 1. The maximum absolute atomic E-state index is 12.0. The number of nitrogens with one attached hydrogen (secondary N) is 1. The van der Waals surface area contributed by atoms with E-state index in [1.807, 2.05) is 18.7 Å². The van der Waals surface area contributed by atoms with Crippen molar-refractivity contribution in [3.63, 3.8) is 0 Å². The predicted octanol–water partition coefficient (Wildman–Crippen LogP) is 0.620. The first-order valence-corrected chi connectivity index (χ1v) is 5.71. The smallest absolute Gasteiger partial charge is 0.251 e. The third-order valence-corrected chi connectivity index (χ3v) is 2.63. The number of hydrogen-bond donors (Lipinski definition) is 1. The molecule has 0 bridgehead atoms. The van der Waals surface area contributed by atoms with Gasteiger partial charge in [-0.05, 0) is 27.7 Å². The number of nitrogens with zero attached hydrogens (tertiary/aromatic N) is 1. The van der Waals surface area contributed by atoms with Crippen molar-refractivity contribution in [1.29, 1.82) is 0 Å². The Morgan fingerprint density at radius 1 is 1.47 bits per heavy atom. The van der Waals surface area contributed by atoms with Crippen molar-refractivity contribution in [2.24, 2.45) is 0 Å². The zero-order valence-corrected chi connectivity index (χ0v) is 10.1. The van der Waals surface area contributed by atoms with Crippen LogP contribution >= 0.6 is 0 Å². The van der Waals surface area contributed by atoms with E-state index >= 15 is 0 Å². The molecule has 1 amide bonds. The van der Waals surface area contributed by atoms with Gasteiger partial charge < -0.3 is 15.0 Å². The minimum absolute atomic E-state index is 0.108. The number of ether oxygens (including phenoxy) is 1. The fourth-order valence-corrected chi connectivity index (χ4v) is 2.09. The highest BCUT2D eigenvalue weighted by atomic mass is 16.5. The van der Waals surface area contributed by atoms with Crippen molar-refractivity contribution in [1.82, 2.24) is 10.2 Å². The Labute approximate surface area is 92.0 Å². The largest absolute Gasteiger partial charge is 0.369 e. The van der Waals surface area contributed by atoms with Gasteiger partial charge in [0, 0.05) is 31.8 Å². The molecule has 3 unspecified atom stereocenters. The first kappa shape index (κ1) is 12.5. The molecular formula is C11H22N2O2. The van der Waals surface area contributed by atoms with E-state index in [1.165, 1.54) is 0 Å². The van der Waals surface area contributed by atoms with Crippen LogP contribution in [0, 0.1) is 0 Å². The normalized spacial score (nSPS) is 28.9. The lowest BCUT2D eigenvalue weighted by Crippen LogP contribution is -2.57. The van der Waals surface area contributed by atoms with Gasteiger partial charge in [0.25, 0.3) is 5.91 Å². The summed E-state index contributed by atoms with van der Waals surface area (Å²) in [6, 6.07) is 0.734. The van der Waals surface area contributed by atoms with Gasteiger partial charge in [-0.15, -0.1) is 0 Å². The maximum Gasteiger partial charge on any atom is 0.251 e. The fraction of sp³-hybridized carbons (Fsp3) is 0.909. The monoisotopic (exact) mass is 214 g/mol. The standard InChI is InChI=1S/C11H22N2O2/c1-5-15-10(4)11(14)13-6-8(2)12-9(3)7-13/h8-10,12H,5-7H2,1-4H3. The minimum atomic E-state index is -0.313. The molecule has 88 valence electrons. The summed E-state index contributed by atoms with van der Waals surface area (Å²) in [5, 5.41) is 3.40. The summed E-state index contributed by atoms with van der Waals surface area (Å²) in [6.07, 6.45) is -0.313. The molecule has 1 heterocycles. The zero-order chi connectivity index (χ0) is 11.4. The Kier molecular flexibility index (Phi) is 4.54. The van der Waals surface area contributed by atoms with Crippen molar-refractivity contribution in [3.8, 4) is 0 Å². The van der Waals surface area contributed by atoms with Gasteiger partial charge in [-0.2, -0.15) is 0 Å². The van der Waals surface area contributed by atoms with Crippen molar-refractivity contribution in [2.45, 2.75) is 45.9 Å². The molecule has 1 N–H and O–H groups in total. The molecular weight excluding hydrogens is 192 g/mol. The summed E-state index contributed by atoms with van der Waals surface area (Å²) < 4.78 is 5.32. The van der Waals surface area contributed by atoms with Gasteiger partial charge in [0.2, 0.25) is 0 Å². The van der Waals surface area contributed by atoms with E-state index in [9.17, 15) is 4.79 Å². The van der Waals surface area contributed by atoms with Crippen LogP contribution in [0.1, 0.15) is 27.7 Å². The van der Waals surface area contributed by atoms with Gasteiger partial charge in [-0.25, -0.2) is 0 Å². The maximum atomic E-state index is 12.0. The van der Waals surface area contributed by atoms with Crippen LogP contribution in [0.3, 0.4) is 0 Å². The molecule has 15 heavy (non-hydrogen) atoms. The fourth-order valence-electron chi connectivity index (χ4n) is 2.09. The average molecular weight is 214 g/mol. The molecule has 1 rings (SSSR count). The lowest BCUT2D eigenvalue weighted by molar-refractivity contribution is -0.144. The first-order valence-electron chi connectivity index (χ1n) is 5.71. The number of hydrogen-bond acceptors (Lipinski definition) is 3. The highest BCUT2D eigenvalue weighted by molar-refractivity contribution is 5.80. The Morgan fingerprint density at radius 2 is 2.00 bits per heavy atom. The Morgan fingerprint density at radius 3 is 2.47 bits per heavy atom. The SMILES string of the molecule is CCOC(C)C(=O)N1CC(C)NC(C)C1. The van der Waals surface area contributed by atoms with E-state index in [0.29, 0.717) is 18.7 Å². The van der Waals surface area contributed by atoms with Crippen LogP contribution in [-0.2, 0) is 9.53 Å². The van der Waals surface area contributed by atoms with Gasteiger partial charge in [-0.3, -0.25) is 4.79 Å². The van der Waals surface area contributed by atoms with Crippen molar-refractivity contribution in [3.05, 3.63) is 0 Å². The molecule has 0 aromatic rings. The van der Waals surface area contributed by atoms with Gasteiger partial charge >= 0.3 is 0 Å². The lowest BCUT2D eigenvalue weighted by atomic mass is 10.1. The van der Waals surface area contributed by atoms with Crippen LogP contribution in [0.4, 0.5) is 0 Å². The summed E-state index contributed by atoms with van der Waals surface area (Å²) in [5.74, 6) is 0.108.